The molecule has 0 saturated carbocycles. The Labute approximate surface area is 77.8 Å². The van der Waals surface area contributed by atoms with E-state index >= 15 is 0 Å². The van der Waals surface area contributed by atoms with Gasteiger partial charge < -0.3 is 4.18 Å². The molecule has 0 saturated heterocycles. The van der Waals surface area contributed by atoms with Crippen LogP contribution in [0, 0.1) is 6.92 Å². The van der Waals surface area contributed by atoms with Gasteiger partial charge in [0.25, 0.3) is 0 Å². The highest BCUT2D eigenvalue weighted by Crippen LogP contribution is 2.12. The van der Waals surface area contributed by atoms with E-state index < -0.39 is 10.1 Å². The fourth-order valence-electron chi connectivity index (χ4n) is 0.850. The maximum absolute atomic E-state index is 11.3. The van der Waals surface area contributed by atoms with Gasteiger partial charge in [-0.15, -0.1) is 0 Å². The maximum atomic E-state index is 11.3. The van der Waals surface area contributed by atoms with Crippen LogP contribution in [0.5, 0.6) is 0 Å². The summed E-state index contributed by atoms with van der Waals surface area (Å²) in [4.78, 5) is 0.137. The van der Waals surface area contributed by atoms with Crippen LogP contribution in [0.1, 0.15) is 5.56 Å². The van der Waals surface area contributed by atoms with Crippen molar-refractivity contribution in [3.05, 3.63) is 42.7 Å². The van der Waals surface area contributed by atoms with Gasteiger partial charge in [0.1, 0.15) is 4.90 Å². The van der Waals surface area contributed by atoms with E-state index in [0.29, 0.717) is 0 Å². The van der Waals surface area contributed by atoms with Gasteiger partial charge >= 0.3 is 10.1 Å². The van der Waals surface area contributed by atoms with Crippen molar-refractivity contribution in [3.8, 4) is 0 Å². The molecule has 0 amide bonds. The summed E-state index contributed by atoms with van der Waals surface area (Å²) in [5.74, 6) is 0. The van der Waals surface area contributed by atoms with Gasteiger partial charge in [-0.25, -0.2) is 0 Å². The molecule has 0 aliphatic heterocycles. The molecule has 0 fully saturated rings. The number of hydrogen-bond acceptors (Lipinski definition) is 3. The fraction of sp³-hybridized carbons (Fsp3) is 0.111. The number of benzene rings is 1. The molecule has 3 nitrogen and oxygen atoms in total. The summed E-state index contributed by atoms with van der Waals surface area (Å²) >= 11 is 0. The first-order chi connectivity index (χ1) is 6.06. The summed E-state index contributed by atoms with van der Waals surface area (Å²) in [5.41, 5.74) is 0.998. The van der Waals surface area contributed by atoms with Crippen LogP contribution in [0.25, 0.3) is 0 Å². The van der Waals surface area contributed by atoms with Crippen LogP contribution in [-0.4, -0.2) is 8.42 Å². The minimum absolute atomic E-state index is 0.137. The molecule has 0 bridgehead atoms. The van der Waals surface area contributed by atoms with Crippen LogP contribution in [0.2, 0.25) is 0 Å². The summed E-state index contributed by atoms with van der Waals surface area (Å²) in [6.45, 7) is 5.07. The molecule has 0 aliphatic rings. The van der Waals surface area contributed by atoms with Crippen molar-refractivity contribution in [1.29, 1.82) is 0 Å². The van der Waals surface area contributed by atoms with Crippen LogP contribution in [0.15, 0.2) is 42.0 Å². The van der Waals surface area contributed by atoms with E-state index in [0.717, 1.165) is 11.8 Å². The first-order valence-electron chi connectivity index (χ1n) is 3.67. The molecular formula is C9H10O3S. The largest absolute Gasteiger partial charge is 0.388 e. The van der Waals surface area contributed by atoms with Crippen molar-refractivity contribution < 1.29 is 12.6 Å². The molecule has 1 aromatic carbocycles. The molecule has 0 unspecified atom stereocenters. The zero-order valence-corrected chi connectivity index (χ0v) is 8.04. The molecule has 0 heterocycles. The second-order valence-electron chi connectivity index (χ2n) is 2.53. The maximum Gasteiger partial charge on any atom is 0.338 e. The molecule has 0 atom stereocenters. The Balaban J connectivity index is 3.08. The zero-order chi connectivity index (χ0) is 9.90. The lowest BCUT2D eigenvalue weighted by atomic mass is 10.2. The number of aryl methyl sites for hydroxylation is 1. The highest BCUT2D eigenvalue weighted by Gasteiger charge is 2.12. The Morgan fingerprint density at radius 2 is 1.85 bits per heavy atom. The van der Waals surface area contributed by atoms with Crippen LogP contribution >= 0.6 is 0 Å². The summed E-state index contributed by atoms with van der Waals surface area (Å²) in [6, 6.07) is 6.40. The van der Waals surface area contributed by atoms with E-state index in [1.807, 2.05) is 6.92 Å². The van der Waals surface area contributed by atoms with E-state index in [-0.39, 0.29) is 4.90 Å². The summed E-state index contributed by atoms with van der Waals surface area (Å²) in [7, 11) is -3.65. The topological polar surface area (TPSA) is 43.4 Å². The first kappa shape index (κ1) is 9.80. The van der Waals surface area contributed by atoms with E-state index in [4.69, 9.17) is 0 Å². The van der Waals surface area contributed by atoms with E-state index in [9.17, 15) is 8.42 Å². The van der Waals surface area contributed by atoms with Gasteiger partial charge in [0.05, 0.1) is 6.26 Å². The van der Waals surface area contributed by atoms with E-state index in [1.54, 1.807) is 12.1 Å². The third-order valence-corrected chi connectivity index (χ3v) is 2.74. The standard InChI is InChI=1S/C9H10O3S/c1-3-12-13(10,11)9-6-4-8(2)5-7-9/h3-7H,1H2,2H3. The molecule has 0 N–H and O–H groups in total. The monoisotopic (exact) mass is 198 g/mol. The van der Waals surface area contributed by atoms with Crippen LogP contribution in [0.4, 0.5) is 0 Å². The lowest BCUT2D eigenvalue weighted by Gasteiger charge is -2.01. The second kappa shape index (κ2) is 3.62. The predicted octanol–water partition coefficient (Wildman–Crippen LogP) is 1.84. The van der Waals surface area contributed by atoms with Gasteiger partial charge in [0, 0.05) is 0 Å². The fourth-order valence-corrected chi connectivity index (χ4v) is 1.61. The third kappa shape index (κ3) is 2.32. The minimum Gasteiger partial charge on any atom is -0.388 e. The lowest BCUT2D eigenvalue weighted by molar-refractivity contribution is 0.444. The van der Waals surface area contributed by atoms with Crippen molar-refractivity contribution in [2.45, 2.75) is 11.8 Å². The molecule has 1 aromatic rings. The van der Waals surface area contributed by atoms with Gasteiger partial charge in [-0.2, -0.15) is 8.42 Å². The normalized spacial score (nSPS) is 10.8. The summed E-state index contributed by atoms with van der Waals surface area (Å²) in [5, 5.41) is 0. The van der Waals surface area contributed by atoms with Crippen molar-refractivity contribution in [2.24, 2.45) is 0 Å². The Kier molecular flexibility index (Phi) is 2.72. The average molecular weight is 198 g/mol. The molecule has 1 rings (SSSR count). The van der Waals surface area contributed by atoms with Gasteiger partial charge in [0.2, 0.25) is 0 Å². The molecule has 0 spiro atoms. The minimum atomic E-state index is -3.65. The third-order valence-electron chi connectivity index (χ3n) is 1.50. The van der Waals surface area contributed by atoms with E-state index in [2.05, 4.69) is 10.8 Å². The molecular weight excluding hydrogens is 188 g/mol. The van der Waals surface area contributed by atoms with Crippen LogP contribution in [-0.2, 0) is 14.3 Å². The smallest absolute Gasteiger partial charge is 0.338 e. The van der Waals surface area contributed by atoms with Crippen molar-refractivity contribution in [3.63, 3.8) is 0 Å². The van der Waals surface area contributed by atoms with Crippen LogP contribution < -0.4 is 0 Å². The molecule has 0 radical (unpaired) electrons. The molecule has 13 heavy (non-hydrogen) atoms. The quantitative estimate of drug-likeness (QED) is 0.550. The van der Waals surface area contributed by atoms with Gasteiger partial charge in [-0.1, -0.05) is 24.3 Å². The number of rotatable bonds is 3. The van der Waals surface area contributed by atoms with Crippen molar-refractivity contribution in [1.82, 2.24) is 0 Å². The molecule has 0 aromatic heterocycles. The van der Waals surface area contributed by atoms with Gasteiger partial charge in [-0.05, 0) is 19.1 Å². The molecule has 4 heteroatoms. The Hall–Kier alpha value is -1.29. The SMILES string of the molecule is C=COS(=O)(=O)c1ccc(C)cc1. The molecule has 0 aliphatic carbocycles. The number of hydrogen-bond donors (Lipinski definition) is 0. The summed E-state index contributed by atoms with van der Waals surface area (Å²) in [6.07, 6.45) is 0.898. The van der Waals surface area contributed by atoms with Gasteiger partial charge in [0.15, 0.2) is 0 Å². The zero-order valence-electron chi connectivity index (χ0n) is 7.23. The highest BCUT2D eigenvalue weighted by molar-refractivity contribution is 7.86. The van der Waals surface area contributed by atoms with Gasteiger partial charge in [-0.3, -0.25) is 0 Å². The Bertz CT molecular complexity index is 389. The Morgan fingerprint density at radius 1 is 1.31 bits per heavy atom. The Morgan fingerprint density at radius 3 is 2.31 bits per heavy atom. The van der Waals surface area contributed by atoms with Crippen molar-refractivity contribution in [2.75, 3.05) is 0 Å². The lowest BCUT2D eigenvalue weighted by Crippen LogP contribution is -2.01. The van der Waals surface area contributed by atoms with E-state index in [1.165, 1.54) is 12.1 Å². The second-order valence-corrected chi connectivity index (χ2v) is 4.10. The predicted molar refractivity (Wildman–Crippen MR) is 49.6 cm³/mol. The van der Waals surface area contributed by atoms with Crippen molar-refractivity contribution >= 4 is 10.1 Å². The molecule has 70 valence electrons. The first-order valence-corrected chi connectivity index (χ1v) is 5.08. The van der Waals surface area contributed by atoms with Crippen LogP contribution in [0.3, 0.4) is 0 Å². The highest BCUT2D eigenvalue weighted by atomic mass is 32.2. The summed E-state index contributed by atoms with van der Waals surface area (Å²) < 4.78 is 26.9. The average Bonchev–Trinajstić information content (AvgIpc) is 2.05.